The molecule has 2 aromatic rings. The molecule has 2 aromatic carbocycles. The number of aldehydes is 1. The van der Waals surface area contributed by atoms with Crippen LogP contribution in [0.2, 0.25) is 0 Å². The summed E-state index contributed by atoms with van der Waals surface area (Å²) in [6, 6.07) is 11.4. The second-order valence-electron chi connectivity index (χ2n) is 4.05. The number of hydrogen-bond acceptors (Lipinski definition) is 2. The number of halogens is 1. The SMILES string of the molecule is Cc1ccc(F)cc1COc1ccc(C=O)cc1. The molecule has 0 radical (unpaired) electrons. The van der Waals surface area contributed by atoms with Crippen molar-refractivity contribution < 1.29 is 13.9 Å². The van der Waals surface area contributed by atoms with Gasteiger partial charge in [-0.1, -0.05) is 6.07 Å². The average molecular weight is 244 g/mol. The van der Waals surface area contributed by atoms with E-state index in [1.165, 1.54) is 12.1 Å². The van der Waals surface area contributed by atoms with Gasteiger partial charge in [0.15, 0.2) is 0 Å². The summed E-state index contributed by atoms with van der Waals surface area (Å²) in [5, 5.41) is 0. The van der Waals surface area contributed by atoms with Crippen molar-refractivity contribution in [3.05, 3.63) is 65.0 Å². The normalized spacial score (nSPS) is 10.1. The van der Waals surface area contributed by atoms with Gasteiger partial charge in [0.05, 0.1) is 0 Å². The molecule has 18 heavy (non-hydrogen) atoms. The fourth-order valence-corrected chi connectivity index (χ4v) is 1.60. The predicted molar refractivity (Wildman–Crippen MR) is 67.3 cm³/mol. The van der Waals surface area contributed by atoms with Gasteiger partial charge in [0.2, 0.25) is 0 Å². The molecule has 0 N–H and O–H groups in total. The summed E-state index contributed by atoms with van der Waals surface area (Å²) in [5.74, 6) is 0.389. The summed E-state index contributed by atoms with van der Waals surface area (Å²) in [4.78, 5) is 10.5. The van der Waals surface area contributed by atoms with Crippen LogP contribution in [0.25, 0.3) is 0 Å². The van der Waals surface area contributed by atoms with Crippen LogP contribution in [0.15, 0.2) is 42.5 Å². The van der Waals surface area contributed by atoms with Crippen LogP contribution in [-0.2, 0) is 6.61 Å². The van der Waals surface area contributed by atoms with Crippen LogP contribution in [0.4, 0.5) is 4.39 Å². The van der Waals surface area contributed by atoms with Gasteiger partial charge in [-0.15, -0.1) is 0 Å². The van der Waals surface area contributed by atoms with Crippen molar-refractivity contribution in [2.45, 2.75) is 13.5 Å². The predicted octanol–water partition coefficient (Wildman–Crippen LogP) is 3.53. The second-order valence-corrected chi connectivity index (χ2v) is 4.05. The third-order valence-corrected chi connectivity index (χ3v) is 2.72. The highest BCUT2D eigenvalue weighted by Gasteiger charge is 2.02. The molecule has 0 atom stereocenters. The zero-order chi connectivity index (χ0) is 13.0. The van der Waals surface area contributed by atoms with Crippen LogP contribution < -0.4 is 4.74 Å². The van der Waals surface area contributed by atoms with E-state index in [9.17, 15) is 9.18 Å². The first-order valence-electron chi connectivity index (χ1n) is 5.62. The smallest absolute Gasteiger partial charge is 0.150 e. The largest absolute Gasteiger partial charge is 0.489 e. The van der Waals surface area contributed by atoms with Crippen molar-refractivity contribution >= 4 is 6.29 Å². The highest BCUT2D eigenvalue weighted by atomic mass is 19.1. The fraction of sp³-hybridized carbons (Fsp3) is 0.133. The van der Waals surface area contributed by atoms with Gasteiger partial charge in [0.1, 0.15) is 24.5 Å². The van der Waals surface area contributed by atoms with E-state index in [1.54, 1.807) is 30.3 Å². The minimum atomic E-state index is -0.268. The minimum absolute atomic E-state index is 0.268. The van der Waals surface area contributed by atoms with E-state index in [4.69, 9.17) is 4.74 Å². The number of hydrogen-bond donors (Lipinski definition) is 0. The first kappa shape index (κ1) is 12.3. The van der Waals surface area contributed by atoms with Gasteiger partial charge in [-0.05, 0) is 54.4 Å². The molecule has 0 heterocycles. The molecule has 0 bridgehead atoms. The average Bonchev–Trinajstić information content (AvgIpc) is 2.40. The maximum Gasteiger partial charge on any atom is 0.150 e. The molecule has 0 aliphatic rings. The van der Waals surface area contributed by atoms with Crippen LogP contribution >= 0.6 is 0 Å². The summed E-state index contributed by atoms with van der Waals surface area (Å²) < 4.78 is 18.6. The van der Waals surface area contributed by atoms with Crippen molar-refractivity contribution in [3.8, 4) is 5.75 Å². The lowest BCUT2D eigenvalue weighted by Crippen LogP contribution is -1.98. The Hall–Kier alpha value is -2.16. The Labute approximate surface area is 105 Å². The zero-order valence-electron chi connectivity index (χ0n) is 10.0. The van der Waals surface area contributed by atoms with Gasteiger partial charge in [0, 0.05) is 5.56 Å². The minimum Gasteiger partial charge on any atom is -0.489 e. The van der Waals surface area contributed by atoms with Crippen LogP contribution in [0.3, 0.4) is 0 Å². The van der Waals surface area contributed by atoms with E-state index in [0.717, 1.165) is 17.4 Å². The lowest BCUT2D eigenvalue weighted by molar-refractivity contribution is 0.112. The molecule has 0 amide bonds. The summed E-state index contributed by atoms with van der Waals surface area (Å²) >= 11 is 0. The molecule has 2 rings (SSSR count). The van der Waals surface area contributed by atoms with E-state index in [2.05, 4.69) is 0 Å². The van der Waals surface area contributed by atoms with Crippen molar-refractivity contribution in [2.75, 3.05) is 0 Å². The summed E-state index contributed by atoms with van der Waals surface area (Å²) in [5.41, 5.74) is 2.40. The number of ether oxygens (including phenoxy) is 1. The lowest BCUT2D eigenvalue weighted by atomic mass is 10.1. The Morgan fingerprint density at radius 3 is 2.56 bits per heavy atom. The standard InChI is InChI=1S/C15H13FO2/c1-11-2-5-14(16)8-13(11)10-18-15-6-3-12(9-17)4-7-15/h2-9H,10H2,1H3. The Bertz CT molecular complexity index is 547. The van der Waals surface area contributed by atoms with E-state index < -0.39 is 0 Å². The third kappa shape index (κ3) is 2.94. The fourth-order valence-electron chi connectivity index (χ4n) is 1.60. The van der Waals surface area contributed by atoms with Crippen molar-refractivity contribution in [3.63, 3.8) is 0 Å². The topological polar surface area (TPSA) is 26.3 Å². The lowest BCUT2D eigenvalue weighted by Gasteiger charge is -2.08. The monoisotopic (exact) mass is 244 g/mol. The van der Waals surface area contributed by atoms with Gasteiger partial charge in [-0.25, -0.2) is 4.39 Å². The Kier molecular flexibility index (Phi) is 3.72. The van der Waals surface area contributed by atoms with Gasteiger partial charge >= 0.3 is 0 Å². The van der Waals surface area contributed by atoms with Crippen LogP contribution in [0.5, 0.6) is 5.75 Å². The summed E-state index contributed by atoms with van der Waals surface area (Å²) in [6.45, 7) is 2.22. The second kappa shape index (κ2) is 5.45. The molecule has 0 aromatic heterocycles. The molecule has 0 aliphatic heterocycles. The molecule has 0 aliphatic carbocycles. The molecule has 92 valence electrons. The Balaban J connectivity index is 2.06. The van der Waals surface area contributed by atoms with Crippen molar-refractivity contribution in [2.24, 2.45) is 0 Å². The number of benzene rings is 2. The van der Waals surface area contributed by atoms with E-state index >= 15 is 0 Å². The highest BCUT2D eigenvalue weighted by molar-refractivity contribution is 5.74. The van der Waals surface area contributed by atoms with E-state index in [1.807, 2.05) is 6.92 Å². The molecule has 2 nitrogen and oxygen atoms in total. The number of carbonyl (C=O) groups is 1. The quantitative estimate of drug-likeness (QED) is 0.769. The third-order valence-electron chi connectivity index (χ3n) is 2.72. The van der Waals surface area contributed by atoms with Gasteiger partial charge in [-0.2, -0.15) is 0 Å². The van der Waals surface area contributed by atoms with E-state index in [-0.39, 0.29) is 5.82 Å². The number of aryl methyl sites for hydroxylation is 1. The first-order chi connectivity index (χ1) is 8.69. The molecule has 3 heteroatoms. The Morgan fingerprint density at radius 2 is 1.89 bits per heavy atom. The van der Waals surface area contributed by atoms with Crippen LogP contribution in [0, 0.1) is 12.7 Å². The molecular weight excluding hydrogens is 231 g/mol. The molecule has 0 saturated carbocycles. The molecule has 0 spiro atoms. The van der Waals surface area contributed by atoms with Gasteiger partial charge in [0.25, 0.3) is 0 Å². The first-order valence-corrected chi connectivity index (χ1v) is 5.62. The molecule has 0 saturated heterocycles. The maximum absolute atomic E-state index is 13.1. The van der Waals surface area contributed by atoms with E-state index in [0.29, 0.717) is 17.9 Å². The van der Waals surface area contributed by atoms with Crippen molar-refractivity contribution in [1.82, 2.24) is 0 Å². The maximum atomic E-state index is 13.1. The number of carbonyl (C=O) groups excluding carboxylic acids is 1. The van der Waals surface area contributed by atoms with Gasteiger partial charge < -0.3 is 4.74 Å². The highest BCUT2D eigenvalue weighted by Crippen LogP contribution is 2.16. The summed E-state index contributed by atoms with van der Waals surface area (Å²) in [7, 11) is 0. The van der Waals surface area contributed by atoms with Gasteiger partial charge in [-0.3, -0.25) is 4.79 Å². The molecule has 0 unspecified atom stereocenters. The van der Waals surface area contributed by atoms with Crippen LogP contribution in [0.1, 0.15) is 21.5 Å². The van der Waals surface area contributed by atoms with Crippen molar-refractivity contribution in [1.29, 1.82) is 0 Å². The molecular formula is C15H13FO2. The molecule has 0 fully saturated rings. The Morgan fingerprint density at radius 1 is 1.17 bits per heavy atom. The zero-order valence-corrected chi connectivity index (χ0v) is 10.0. The summed E-state index contributed by atoms with van der Waals surface area (Å²) in [6.07, 6.45) is 0.778. The number of rotatable bonds is 4. The van der Waals surface area contributed by atoms with Crippen LogP contribution in [-0.4, -0.2) is 6.29 Å².